The molecule has 198 valence electrons. The number of aromatic nitrogens is 2. The van der Waals surface area contributed by atoms with Gasteiger partial charge >= 0.3 is 5.69 Å². The number of benzene rings is 3. The van der Waals surface area contributed by atoms with Crippen LogP contribution in [-0.2, 0) is 32.5 Å². The van der Waals surface area contributed by atoms with Crippen molar-refractivity contribution in [3.63, 3.8) is 0 Å². The molecule has 1 N–H and O–H groups in total. The molecule has 4 aromatic rings. The summed E-state index contributed by atoms with van der Waals surface area (Å²) in [6.45, 7) is 2.21. The standard InChI is InChI=1S/C30H33N3O5/c1-37-25-12-10-21(11-13-25)14-17-32-26-8-5-9-27(38-2)28(26)29(35)33(30(32)36)20-24(34)19-31-16-15-22-6-3-4-7-23(22)18-31/h3-13,24,34H,14-20H2,1-2H3. The van der Waals surface area contributed by atoms with Gasteiger partial charge in [-0.25, -0.2) is 4.79 Å². The Morgan fingerprint density at radius 3 is 2.37 bits per heavy atom. The molecule has 0 amide bonds. The topological polar surface area (TPSA) is 85.9 Å². The third-order valence-corrected chi connectivity index (χ3v) is 7.29. The quantitative estimate of drug-likeness (QED) is 0.369. The Morgan fingerprint density at radius 1 is 0.868 bits per heavy atom. The average Bonchev–Trinajstić information content (AvgIpc) is 2.95. The zero-order valence-electron chi connectivity index (χ0n) is 21.8. The maximum atomic E-state index is 13.7. The van der Waals surface area contributed by atoms with Crippen LogP contribution in [0.15, 0.2) is 76.3 Å². The van der Waals surface area contributed by atoms with Crippen molar-refractivity contribution in [2.24, 2.45) is 0 Å². The van der Waals surface area contributed by atoms with Crippen LogP contribution in [-0.4, -0.2) is 52.6 Å². The van der Waals surface area contributed by atoms with Crippen molar-refractivity contribution in [2.75, 3.05) is 27.3 Å². The van der Waals surface area contributed by atoms with Crippen molar-refractivity contribution < 1.29 is 14.6 Å². The molecule has 0 saturated heterocycles. The van der Waals surface area contributed by atoms with Gasteiger partial charge in [-0.15, -0.1) is 0 Å². The molecular formula is C30H33N3O5. The van der Waals surface area contributed by atoms with Gasteiger partial charge in [-0.2, -0.15) is 0 Å². The predicted octanol–water partition coefficient (Wildman–Crippen LogP) is 2.84. The van der Waals surface area contributed by atoms with Gasteiger partial charge in [0, 0.05) is 26.2 Å². The lowest BCUT2D eigenvalue weighted by molar-refractivity contribution is 0.0897. The predicted molar refractivity (Wildman–Crippen MR) is 147 cm³/mol. The van der Waals surface area contributed by atoms with E-state index in [0.29, 0.717) is 36.2 Å². The van der Waals surface area contributed by atoms with Gasteiger partial charge in [0.25, 0.3) is 5.56 Å². The van der Waals surface area contributed by atoms with Gasteiger partial charge in [0.15, 0.2) is 0 Å². The number of aliphatic hydroxyl groups is 1. The molecule has 0 bridgehead atoms. The lowest BCUT2D eigenvalue weighted by Crippen LogP contribution is -2.45. The molecule has 0 fully saturated rings. The molecule has 0 spiro atoms. The first-order valence-corrected chi connectivity index (χ1v) is 12.9. The summed E-state index contributed by atoms with van der Waals surface area (Å²) in [6, 6.07) is 21.3. The van der Waals surface area contributed by atoms with Crippen LogP contribution >= 0.6 is 0 Å². The monoisotopic (exact) mass is 515 g/mol. The summed E-state index contributed by atoms with van der Waals surface area (Å²) in [5.74, 6) is 1.17. The van der Waals surface area contributed by atoms with E-state index >= 15 is 0 Å². The zero-order valence-corrected chi connectivity index (χ0v) is 21.8. The minimum Gasteiger partial charge on any atom is -0.497 e. The zero-order chi connectivity index (χ0) is 26.6. The van der Waals surface area contributed by atoms with Crippen molar-refractivity contribution in [3.8, 4) is 11.5 Å². The lowest BCUT2D eigenvalue weighted by Gasteiger charge is -2.30. The summed E-state index contributed by atoms with van der Waals surface area (Å²) in [4.78, 5) is 29.4. The van der Waals surface area contributed by atoms with Crippen LogP contribution in [0.5, 0.6) is 11.5 Å². The van der Waals surface area contributed by atoms with Gasteiger partial charge in [0.1, 0.15) is 16.9 Å². The number of rotatable bonds is 9. The molecule has 1 aliphatic rings. The molecule has 38 heavy (non-hydrogen) atoms. The summed E-state index contributed by atoms with van der Waals surface area (Å²) >= 11 is 0. The summed E-state index contributed by atoms with van der Waals surface area (Å²) in [5, 5.41) is 11.3. The Hall–Kier alpha value is -3.88. The summed E-state index contributed by atoms with van der Waals surface area (Å²) in [7, 11) is 3.13. The van der Waals surface area contributed by atoms with E-state index in [1.54, 1.807) is 29.9 Å². The lowest BCUT2D eigenvalue weighted by atomic mass is 10.00. The van der Waals surface area contributed by atoms with Gasteiger partial charge in [-0.3, -0.25) is 18.8 Å². The number of ether oxygens (including phenoxy) is 2. The third kappa shape index (κ3) is 5.23. The summed E-state index contributed by atoms with van der Waals surface area (Å²) in [5.41, 5.74) is 3.25. The highest BCUT2D eigenvalue weighted by Crippen LogP contribution is 2.22. The van der Waals surface area contributed by atoms with E-state index < -0.39 is 17.4 Å². The molecule has 0 aliphatic carbocycles. The molecule has 1 aromatic heterocycles. The molecule has 1 aliphatic heterocycles. The second-order valence-electron chi connectivity index (χ2n) is 9.71. The van der Waals surface area contributed by atoms with Crippen molar-refractivity contribution in [1.82, 2.24) is 14.0 Å². The highest BCUT2D eigenvalue weighted by Gasteiger charge is 2.22. The molecule has 1 unspecified atom stereocenters. The van der Waals surface area contributed by atoms with Gasteiger partial charge in [-0.05, 0) is 53.8 Å². The maximum absolute atomic E-state index is 13.7. The molecule has 8 nitrogen and oxygen atoms in total. The average molecular weight is 516 g/mol. The van der Waals surface area contributed by atoms with Crippen LogP contribution in [0.3, 0.4) is 0 Å². The second kappa shape index (κ2) is 11.2. The Morgan fingerprint density at radius 2 is 1.63 bits per heavy atom. The SMILES string of the molecule is COc1ccc(CCn2c(=O)n(CC(O)CN3CCc4ccccc4C3)c(=O)c3c(OC)cccc32)cc1. The van der Waals surface area contributed by atoms with Gasteiger partial charge < -0.3 is 14.6 Å². The van der Waals surface area contributed by atoms with Crippen LogP contribution in [0.25, 0.3) is 10.9 Å². The Labute approximate surface area is 221 Å². The molecule has 8 heteroatoms. The maximum Gasteiger partial charge on any atom is 0.331 e. The fourth-order valence-electron chi connectivity index (χ4n) is 5.29. The highest BCUT2D eigenvalue weighted by molar-refractivity contribution is 5.84. The number of aryl methyl sites for hydroxylation is 2. The van der Waals surface area contributed by atoms with Crippen molar-refractivity contribution in [1.29, 1.82) is 0 Å². The van der Waals surface area contributed by atoms with E-state index in [9.17, 15) is 14.7 Å². The fourth-order valence-corrected chi connectivity index (χ4v) is 5.29. The molecule has 5 rings (SSSR count). The molecular weight excluding hydrogens is 482 g/mol. The third-order valence-electron chi connectivity index (χ3n) is 7.29. The summed E-state index contributed by atoms with van der Waals surface area (Å²) < 4.78 is 13.5. The normalized spacial score (nSPS) is 14.3. The number of β-amino-alcohol motifs (C(OH)–C–C–N with tert-alkyl or cyclic N) is 1. The van der Waals surface area contributed by atoms with Crippen molar-refractivity contribution in [2.45, 2.75) is 38.6 Å². The van der Waals surface area contributed by atoms with E-state index in [4.69, 9.17) is 9.47 Å². The van der Waals surface area contributed by atoms with E-state index in [1.807, 2.05) is 36.4 Å². The van der Waals surface area contributed by atoms with Crippen LogP contribution in [0, 0.1) is 0 Å². The van der Waals surface area contributed by atoms with Gasteiger partial charge in [-0.1, -0.05) is 42.5 Å². The minimum absolute atomic E-state index is 0.0909. The van der Waals surface area contributed by atoms with E-state index in [0.717, 1.165) is 35.4 Å². The Kier molecular flexibility index (Phi) is 7.62. The summed E-state index contributed by atoms with van der Waals surface area (Å²) in [6.07, 6.45) is 0.617. The molecule has 3 aromatic carbocycles. The first-order valence-electron chi connectivity index (χ1n) is 12.9. The first kappa shape index (κ1) is 25.8. The highest BCUT2D eigenvalue weighted by atomic mass is 16.5. The van der Waals surface area contributed by atoms with Crippen LogP contribution in [0.2, 0.25) is 0 Å². The first-order chi connectivity index (χ1) is 18.5. The van der Waals surface area contributed by atoms with E-state index in [2.05, 4.69) is 17.0 Å². The number of fused-ring (bicyclic) bond motifs is 2. The number of hydrogen-bond donors (Lipinski definition) is 1. The number of methoxy groups -OCH3 is 2. The number of hydrogen-bond acceptors (Lipinski definition) is 6. The molecule has 2 heterocycles. The minimum atomic E-state index is -0.882. The Bertz CT molecular complexity index is 1540. The fraction of sp³-hybridized carbons (Fsp3) is 0.333. The molecule has 0 saturated carbocycles. The van der Waals surface area contributed by atoms with E-state index in [-0.39, 0.29) is 6.54 Å². The van der Waals surface area contributed by atoms with Crippen LogP contribution in [0.4, 0.5) is 0 Å². The number of nitrogens with zero attached hydrogens (tertiary/aromatic N) is 3. The smallest absolute Gasteiger partial charge is 0.331 e. The molecule has 1 atom stereocenters. The Balaban J connectivity index is 1.43. The van der Waals surface area contributed by atoms with E-state index in [1.165, 1.54) is 18.2 Å². The number of aliphatic hydroxyl groups excluding tert-OH is 1. The van der Waals surface area contributed by atoms with Crippen molar-refractivity contribution >= 4 is 10.9 Å². The van der Waals surface area contributed by atoms with Crippen LogP contribution in [0.1, 0.15) is 16.7 Å². The van der Waals surface area contributed by atoms with Crippen molar-refractivity contribution in [3.05, 3.63) is 104 Å². The van der Waals surface area contributed by atoms with Gasteiger partial charge in [0.2, 0.25) is 0 Å². The second-order valence-corrected chi connectivity index (χ2v) is 9.71. The largest absolute Gasteiger partial charge is 0.497 e. The van der Waals surface area contributed by atoms with Crippen LogP contribution < -0.4 is 20.7 Å². The van der Waals surface area contributed by atoms with Gasteiger partial charge in [0.05, 0.1) is 32.4 Å². The molecule has 0 radical (unpaired) electrons.